The SMILES string of the molecule is CCCCN(C(=O)CN1C[C@H](c2ccc3c(c2)CCO3)[C@@H](C(=O)O)[C@@H]1CCn1cccn1)c1cccc(C[N+](C)(C)C)c1. The van der Waals surface area contributed by atoms with Crippen LogP contribution in [0.1, 0.15) is 48.8 Å². The third-order valence-corrected chi connectivity index (χ3v) is 8.64. The van der Waals surface area contributed by atoms with E-state index >= 15 is 0 Å². The van der Waals surface area contributed by atoms with E-state index in [1.807, 2.05) is 46.1 Å². The lowest BCUT2D eigenvalue weighted by molar-refractivity contribution is -0.884. The molecule has 0 saturated carbocycles. The molecule has 0 bridgehead atoms. The lowest BCUT2D eigenvalue weighted by atomic mass is 9.83. The van der Waals surface area contributed by atoms with Gasteiger partial charge in [-0.15, -0.1) is 0 Å². The molecular formula is C34H46N5O4+. The maximum atomic E-state index is 14.2. The summed E-state index contributed by atoms with van der Waals surface area (Å²) in [6.07, 6.45) is 6.92. The van der Waals surface area contributed by atoms with Crippen molar-refractivity contribution in [2.24, 2.45) is 5.92 Å². The van der Waals surface area contributed by atoms with Crippen molar-refractivity contribution in [3.63, 3.8) is 0 Å². The number of anilines is 1. The van der Waals surface area contributed by atoms with Crippen molar-refractivity contribution in [2.45, 2.75) is 57.7 Å². The van der Waals surface area contributed by atoms with Crippen molar-refractivity contribution in [3.8, 4) is 5.75 Å². The molecule has 1 amide bonds. The van der Waals surface area contributed by atoms with E-state index in [9.17, 15) is 14.7 Å². The summed E-state index contributed by atoms with van der Waals surface area (Å²) < 4.78 is 8.35. The van der Waals surface area contributed by atoms with Gasteiger partial charge < -0.3 is 19.2 Å². The smallest absolute Gasteiger partial charge is 0.308 e. The van der Waals surface area contributed by atoms with Crippen molar-refractivity contribution in [3.05, 3.63) is 77.6 Å². The number of carbonyl (C=O) groups is 2. The predicted octanol–water partition coefficient (Wildman–Crippen LogP) is 4.42. The Morgan fingerprint density at radius 3 is 2.70 bits per heavy atom. The number of nitrogens with zero attached hydrogens (tertiary/aromatic N) is 5. The molecule has 0 unspecified atom stereocenters. The number of ether oxygens (including phenoxy) is 1. The first-order valence-corrected chi connectivity index (χ1v) is 15.5. The summed E-state index contributed by atoms with van der Waals surface area (Å²) in [5.41, 5.74) is 4.22. The number of amides is 1. The van der Waals surface area contributed by atoms with Crippen LogP contribution in [0.5, 0.6) is 5.75 Å². The van der Waals surface area contributed by atoms with Crippen LogP contribution >= 0.6 is 0 Å². The van der Waals surface area contributed by atoms with Crippen LogP contribution in [-0.2, 0) is 29.1 Å². The molecule has 2 aliphatic heterocycles. The lowest BCUT2D eigenvalue weighted by Crippen LogP contribution is -2.45. The van der Waals surface area contributed by atoms with Crippen LogP contribution in [0.15, 0.2) is 60.9 Å². The number of carboxylic acid groups (broad SMARTS) is 1. The molecule has 2 aromatic carbocycles. The zero-order valence-corrected chi connectivity index (χ0v) is 26.0. The first-order valence-electron chi connectivity index (χ1n) is 15.5. The fraction of sp³-hybridized carbons (Fsp3) is 0.500. The number of hydrogen-bond acceptors (Lipinski definition) is 5. The van der Waals surface area contributed by atoms with Crippen molar-refractivity contribution in [1.29, 1.82) is 0 Å². The molecule has 9 heteroatoms. The molecule has 1 saturated heterocycles. The Morgan fingerprint density at radius 1 is 1.14 bits per heavy atom. The van der Waals surface area contributed by atoms with Crippen LogP contribution in [-0.4, -0.2) is 89.6 Å². The van der Waals surface area contributed by atoms with Gasteiger partial charge in [-0.2, -0.15) is 5.10 Å². The van der Waals surface area contributed by atoms with E-state index in [2.05, 4.69) is 56.3 Å². The Kier molecular flexibility index (Phi) is 9.52. The molecule has 2 aliphatic rings. The first-order chi connectivity index (χ1) is 20.6. The van der Waals surface area contributed by atoms with Gasteiger partial charge in [-0.1, -0.05) is 37.6 Å². The van der Waals surface area contributed by atoms with E-state index in [0.717, 1.165) is 52.9 Å². The number of quaternary nitrogens is 1. The molecule has 0 radical (unpaired) electrons. The minimum absolute atomic E-state index is 0.00656. The zero-order valence-electron chi connectivity index (χ0n) is 26.0. The van der Waals surface area contributed by atoms with Crippen LogP contribution in [0.2, 0.25) is 0 Å². The Hall–Kier alpha value is -3.69. The highest BCUT2D eigenvalue weighted by atomic mass is 16.5. The molecule has 3 aromatic rings. The summed E-state index contributed by atoms with van der Waals surface area (Å²) in [6.45, 7) is 5.54. The van der Waals surface area contributed by atoms with E-state index in [0.29, 0.717) is 32.7 Å². The monoisotopic (exact) mass is 588 g/mol. The quantitative estimate of drug-likeness (QED) is 0.298. The van der Waals surface area contributed by atoms with Gasteiger partial charge in [0.2, 0.25) is 5.91 Å². The molecule has 0 aliphatic carbocycles. The number of carboxylic acids is 1. The molecule has 9 nitrogen and oxygen atoms in total. The van der Waals surface area contributed by atoms with Gasteiger partial charge in [0.05, 0.1) is 40.2 Å². The largest absolute Gasteiger partial charge is 0.493 e. The third kappa shape index (κ3) is 7.46. The predicted molar refractivity (Wildman–Crippen MR) is 167 cm³/mol. The molecule has 1 N–H and O–H groups in total. The number of carbonyl (C=O) groups excluding carboxylic acids is 1. The fourth-order valence-corrected chi connectivity index (χ4v) is 6.67. The third-order valence-electron chi connectivity index (χ3n) is 8.64. The van der Waals surface area contributed by atoms with Gasteiger partial charge >= 0.3 is 5.97 Å². The van der Waals surface area contributed by atoms with Gasteiger partial charge in [0.25, 0.3) is 0 Å². The van der Waals surface area contributed by atoms with E-state index in [4.69, 9.17) is 4.74 Å². The Balaban J connectivity index is 1.43. The van der Waals surface area contributed by atoms with Crippen LogP contribution in [0.25, 0.3) is 0 Å². The fourth-order valence-electron chi connectivity index (χ4n) is 6.67. The summed E-state index contributed by atoms with van der Waals surface area (Å²) in [6, 6.07) is 16.0. The van der Waals surface area contributed by atoms with E-state index in [1.165, 1.54) is 5.56 Å². The second-order valence-corrected chi connectivity index (χ2v) is 13.0. The number of likely N-dealkylation sites (tertiary alicyclic amines) is 1. The molecule has 3 atom stereocenters. The average molecular weight is 589 g/mol. The van der Waals surface area contributed by atoms with E-state index < -0.39 is 11.9 Å². The van der Waals surface area contributed by atoms with E-state index in [-0.39, 0.29) is 24.4 Å². The van der Waals surface area contributed by atoms with Crippen molar-refractivity contribution < 1.29 is 23.9 Å². The topological polar surface area (TPSA) is 87.9 Å². The molecular weight excluding hydrogens is 542 g/mol. The van der Waals surface area contributed by atoms with Crippen molar-refractivity contribution in [2.75, 3.05) is 52.3 Å². The molecule has 230 valence electrons. The summed E-state index contributed by atoms with van der Waals surface area (Å²) in [4.78, 5) is 31.1. The lowest BCUT2D eigenvalue weighted by Gasteiger charge is -2.30. The van der Waals surface area contributed by atoms with E-state index in [1.54, 1.807) is 6.20 Å². The summed E-state index contributed by atoms with van der Waals surface area (Å²) >= 11 is 0. The average Bonchev–Trinajstić information content (AvgIpc) is 3.71. The Morgan fingerprint density at radius 2 is 1.98 bits per heavy atom. The van der Waals surface area contributed by atoms with Crippen LogP contribution in [0.3, 0.4) is 0 Å². The standard InChI is InChI=1S/C34H45N5O4/c1-5-6-17-38(28-10-7-9-25(20-28)24-39(2,3)4)32(40)23-36-22-29(26-11-12-31-27(21-26)14-19-43-31)33(34(41)42)30(36)13-18-37-16-8-15-35-37/h7-12,15-16,20-21,29-30,33H,5-6,13-14,17-19,22-24H2,1-4H3/p+1/t29-,30+,33-/m1/s1. The number of aryl methyl sites for hydroxylation is 1. The molecule has 5 rings (SSSR count). The zero-order chi connectivity index (χ0) is 30.6. The van der Waals surface area contributed by atoms with Gasteiger partial charge in [0.1, 0.15) is 12.3 Å². The molecule has 0 spiro atoms. The van der Waals surface area contributed by atoms with Gasteiger partial charge in [-0.3, -0.25) is 19.2 Å². The highest BCUT2D eigenvalue weighted by Gasteiger charge is 2.47. The van der Waals surface area contributed by atoms with Crippen LogP contribution in [0.4, 0.5) is 5.69 Å². The van der Waals surface area contributed by atoms with Crippen molar-refractivity contribution >= 4 is 17.6 Å². The molecule has 1 aromatic heterocycles. The number of hydrogen-bond donors (Lipinski definition) is 1. The number of aromatic nitrogens is 2. The normalized spacial score (nSPS) is 20.1. The Labute approximate surface area is 255 Å². The molecule has 43 heavy (non-hydrogen) atoms. The minimum atomic E-state index is -0.821. The van der Waals surface area contributed by atoms with Gasteiger partial charge in [0.15, 0.2) is 0 Å². The second kappa shape index (κ2) is 13.3. The number of benzene rings is 2. The number of unbranched alkanes of at least 4 members (excludes halogenated alkanes) is 1. The highest BCUT2D eigenvalue weighted by Crippen LogP contribution is 2.41. The first kappa shape index (κ1) is 30.8. The molecule has 1 fully saturated rings. The maximum absolute atomic E-state index is 14.2. The number of aliphatic carboxylic acids is 1. The summed E-state index contributed by atoms with van der Waals surface area (Å²) in [7, 11) is 6.48. The number of rotatable bonds is 13. The van der Waals surface area contributed by atoms with Crippen molar-refractivity contribution in [1.82, 2.24) is 14.7 Å². The Bertz CT molecular complexity index is 1400. The van der Waals surface area contributed by atoms with Gasteiger partial charge in [0, 0.05) is 61.7 Å². The molecule has 3 heterocycles. The summed E-state index contributed by atoms with van der Waals surface area (Å²) in [5, 5.41) is 14.9. The van der Waals surface area contributed by atoms with Gasteiger partial charge in [-0.25, -0.2) is 0 Å². The van der Waals surface area contributed by atoms with Crippen LogP contribution in [0, 0.1) is 5.92 Å². The highest BCUT2D eigenvalue weighted by molar-refractivity contribution is 5.95. The maximum Gasteiger partial charge on any atom is 0.308 e. The van der Waals surface area contributed by atoms with Gasteiger partial charge in [-0.05, 0) is 48.2 Å². The van der Waals surface area contributed by atoms with Crippen LogP contribution < -0.4 is 9.64 Å². The minimum Gasteiger partial charge on any atom is -0.493 e. The number of fused-ring (bicyclic) bond motifs is 1. The summed E-state index contributed by atoms with van der Waals surface area (Å²) in [5.74, 6) is -0.795. The second-order valence-electron chi connectivity index (χ2n) is 13.0.